The van der Waals surface area contributed by atoms with E-state index in [9.17, 15) is 0 Å². The average molecular weight is 190 g/mol. The fourth-order valence-electron chi connectivity index (χ4n) is 1.96. The zero-order chi connectivity index (χ0) is 9.97. The summed E-state index contributed by atoms with van der Waals surface area (Å²) in [5, 5.41) is 3.51. The minimum absolute atomic E-state index is 0.691. The Kier molecular flexibility index (Phi) is 2.62. The lowest BCUT2D eigenvalue weighted by Gasteiger charge is -2.05. The topological polar surface area (TPSA) is 38.0 Å². The molecule has 2 rings (SSSR count). The first-order valence-electron chi connectivity index (χ1n) is 5.41. The highest BCUT2D eigenvalue weighted by molar-refractivity contribution is 5.55. The summed E-state index contributed by atoms with van der Waals surface area (Å²) in [5.74, 6) is 0.890. The minimum Gasteiger partial charge on any atom is -0.399 e. The van der Waals surface area contributed by atoms with Gasteiger partial charge in [0.1, 0.15) is 0 Å². The standard InChI is InChI=1S/C12H18N2/c1-2-4-9-7-12(9)14-11-6-3-5-10(13)8-11/h3,5-6,8-9,12,14H,2,4,7,13H2,1H3. The highest BCUT2D eigenvalue weighted by Crippen LogP contribution is 2.37. The molecule has 1 saturated carbocycles. The predicted molar refractivity (Wildman–Crippen MR) is 61.3 cm³/mol. The van der Waals surface area contributed by atoms with Gasteiger partial charge in [-0.15, -0.1) is 0 Å². The Balaban J connectivity index is 1.87. The Bertz CT molecular complexity index is 309. The molecule has 3 N–H and O–H groups in total. The molecular weight excluding hydrogens is 172 g/mol. The van der Waals surface area contributed by atoms with Crippen LogP contribution in [0.1, 0.15) is 26.2 Å². The van der Waals surface area contributed by atoms with Crippen molar-refractivity contribution in [3.8, 4) is 0 Å². The molecule has 0 radical (unpaired) electrons. The molecule has 1 aromatic carbocycles. The van der Waals surface area contributed by atoms with E-state index in [1.807, 2.05) is 18.2 Å². The van der Waals surface area contributed by atoms with Crippen LogP contribution in [0.2, 0.25) is 0 Å². The molecule has 1 fully saturated rings. The van der Waals surface area contributed by atoms with Crippen molar-refractivity contribution in [2.24, 2.45) is 5.92 Å². The number of hydrogen-bond donors (Lipinski definition) is 2. The molecule has 0 bridgehead atoms. The highest BCUT2D eigenvalue weighted by atomic mass is 15.0. The van der Waals surface area contributed by atoms with E-state index in [0.717, 1.165) is 17.3 Å². The van der Waals surface area contributed by atoms with Gasteiger partial charge in [-0.3, -0.25) is 0 Å². The molecule has 0 aromatic heterocycles. The van der Waals surface area contributed by atoms with Gasteiger partial charge in [0.15, 0.2) is 0 Å². The van der Waals surface area contributed by atoms with Crippen LogP contribution in [-0.2, 0) is 0 Å². The third-order valence-electron chi connectivity index (χ3n) is 2.82. The van der Waals surface area contributed by atoms with E-state index in [1.54, 1.807) is 0 Å². The third-order valence-corrected chi connectivity index (χ3v) is 2.82. The average Bonchev–Trinajstić information content (AvgIpc) is 2.84. The summed E-state index contributed by atoms with van der Waals surface area (Å²) in [4.78, 5) is 0. The fraction of sp³-hybridized carbons (Fsp3) is 0.500. The Morgan fingerprint density at radius 3 is 3.07 bits per heavy atom. The quantitative estimate of drug-likeness (QED) is 0.716. The van der Waals surface area contributed by atoms with Gasteiger partial charge in [0.05, 0.1) is 0 Å². The zero-order valence-electron chi connectivity index (χ0n) is 8.66. The van der Waals surface area contributed by atoms with Gasteiger partial charge >= 0.3 is 0 Å². The van der Waals surface area contributed by atoms with Gasteiger partial charge in [0, 0.05) is 17.4 Å². The van der Waals surface area contributed by atoms with Crippen LogP contribution >= 0.6 is 0 Å². The number of nitrogens with two attached hydrogens (primary N) is 1. The second-order valence-electron chi connectivity index (χ2n) is 4.16. The Hall–Kier alpha value is -1.18. The van der Waals surface area contributed by atoms with Crippen LogP contribution in [0.3, 0.4) is 0 Å². The number of hydrogen-bond acceptors (Lipinski definition) is 2. The molecular formula is C12H18N2. The number of benzene rings is 1. The van der Waals surface area contributed by atoms with Crippen LogP contribution in [0.4, 0.5) is 11.4 Å². The smallest absolute Gasteiger partial charge is 0.0363 e. The molecule has 2 atom stereocenters. The van der Waals surface area contributed by atoms with E-state index in [-0.39, 0.29) is 0 Å². The Labute approximate surface area is 85.5 Å². The lowest BCUT2D eigenvalue weighted by atomic mass is 10.2. The SMILES string of the molecule is CCCC1CC1Nc1cccc(N)c1. The first-order chi connectivity index (χ1) is 6.79. The van der Waals surface area contributed by atoms with E-state index in [0.29, 0.717) is 6.04 Å². The largest absolute Gasteiger partial charge is 0.399 e. The molecule has 2 nitrogen and oxygen atoms in total. The second-order valence-corrected chi connectivity index (χ2v) is 4.16. The molecule has 2 heteroatoms. The van der Waals surface area contributed by atoms with Crippen molar-refractivity contribution in [2.75, 3.05) is 11.1 Å². The van der Waals surface area contributed by atoms with Gasteiger partial charge in [-0.2, -0.15) is 0 Å². The van der Waals surface area contributed by atoms with Crippen LogP contribution in [0.25, 0.3) is 0 Å². The molecule has 14 heavy (non-hydrogen) atoms. The monoisotopic (exact) mass is 190 g/mol. The summed E-state index contributed by atoms with van der Waals surface area (Å²) in [6, 6.07) is 8.69. The predicted octanol–water partition coefficient (Wildman–Crippen LogP) is 2.87. The molecule has 1 aliphatic rings. The van der Waals surface area contributed by atoms with Gasteiger partial charge < -0.3 is 11.1 Å². The Morgan fingerprint density at radius 2 is 2.36 bits per heavy atom. The fourth-order valence-corrected chi connectivity index (χ4v) is 1.96. The maximum Gasteiger partial charge on any atom is 0.0363 e. The van der Waals surface area contributed by atoms with Crippen molar-refractivity contribution >= 4 is 11.4 Å². The van der Waals surface area contributed by atoms with Crippen molar-refractivity contribution < 1.29 is 0 Å². The summed E-state index contributed by atoms with van der Waals surface area (Å²) in [7, 11) is 0. The molecule has 1 aromatic rings. The molecule has 76 valence electrons. The van der Waals surface area contributed by atoms with Gasteiger partial charge in [0.25, 0.3) is 0 Å². The Morgan fingerprint density at radius 1 is 1.50 bits per heavy atom. The number of anilines is 2. The first-order valence-corrected chi connectivity index (χ1v) is 5.41. The van der Waals surface area contributed by atoms with E-state index in [4.69, 9.17) is 5.73 Å². The summed E-state index contributed by atoms with van der Waals surface area (Å²) < 4.78 is 0. The van der Waals surface area contributed by atoms with Crippen LogP contribution in [0, 0.1) is 5.92 Å². The van der Waals surface area contributed by atoms with Gasteiger partial charge in [0.2, 0.25) is 0 Å². The number of rotatable bonds is 4. The van der Waals surface area contributed by atoms with Crippen molar-refractivity contribution in [2.45, 2.75) is 32.2 Å². The van der Waals surface area contributed by atoms with Crippen molar-refractivity contribution in [1.29, 1.82) is 0 Å². The maximum atomic E-state index is 5.71. The van der Waals surface area contributed by atoms with Crippen molar-refractivity contribution in [1.82, 2.24) is 0 Å². The number of nitrogens with one attached hydrogen (secondary N) is 1. The van der Waals surface area contributed by atoms with Gasteiger partial charge in [-0.25, -0.2) is 0 Å². The lowest BCUT2D eigenvalue weighted by Crippen LogP contribution is -2.04. The zero-order valence-corrected chi connectivity index (χ0v) is 8.66. The maximum absolute atomic E-state index is 5.71. The summed E-state index contributed by atoms with van der Waals surface area (Å²) in [6.45, 7) is 2.25. The van der Waals surface area contributed by atoms with Crippen LogP contribution < -0.4 is 11.1 Å². The minimum atomic E-state index is 0.691. The molecule has 1 aliphatic carbocycles. The summed E-state index contributed by atoms with van der Waals surface area (Å²) in [6.07, 6.45) is 3.96. The molecule has 0 amide bonds. The second kappa shape index (κ2) is 3.91. The van der Waals surface area contributed by atoms with Gasteiger partial charge in [-0.05, 0) is 37.0 Å². The van der Waals surface area contributed by atoms with Gasteiger partial charge in [-0.1, -0.05) is 19.4 Å². The molecule has 0 spiro atoms. The van der Waals surface area contributed by atoms with Crippen LogP contribution in [-0.4, -0.2) is 6.04 Å². The van der Waals surface area contributed by atoms with E-state index >= 15 is 0 Å². The number of nitrogen functional groups attached to an aromatic ring is 1. The van der Waals surface area contributed by atoms with E-state index in [2.05, 4.69) is 18.3 Å². The molecule has 2 unspecified atom stereocenters. The summed E-state index contributed by atoms with van der Waals surface area (Å²) >= 11 is 0. The van der Waals surface area contributed by atoms with Crippen LogP contribution in [0.5, 0.6) is 0 Å². The summed E-state index contributed by atoms with van der Waals surface area (Å²) in [5.41, 5.74) is 7.70. The van der Waals surface area contributed by atoms with E-state index < -0.39 is 0 Å². The normalized spacial score (nSPS) is 24.6. The lowest BCUT2D eigenvalue weighted by molar-refractivity contribution is 0.693. The molecule has 0 aliphatic heterocycles. The van der Waals surface area contributed by atoms with Crippen molar-refractivity contribution in [3.05, 3.63) is 24.3 Å². The molecule has 0 saturated heterocycles. The third kappa shape index (κ3) is 2.19. The highest BCUT2D eigenvalue weighted by Gasteiger charge is 2.35. The van der Waals surface area contributed by atoms with Crippen molar-refractivity contribution in [3.63, 3.8) is 0 Å². The van der Waals surface area contributed by atoms with Crippen LogP contribution in [0.15, 0.2) is 24.3 Å². The van der Waals surface area contributed by atoms with E-state index in [1.165, 1.54) is 19.3 Å². The molecule has 0 heterocycles. The first kappa shape index (κ1) is 9.38.